The summed E-state index contributed by atoms with van der Waals surface area (Å²) in [6.45, 7) is 2.54. The van der Waals surface area contributed by atoms with Crippen molar-refractivity contribution in [2.75, 3.05) is 13.1 Å². The minimum atomic E-state index is -0.507. The van der Waals surface area contributed by atoms with E-state index in [9.17, 15) is 8.78 Å². The van der Waals surface area contributed by atoms with Crippen LogP contribution in [0.5, 0.6) is 0 Å². The van der Waals surface area contributed by atoms with E-state index in [1.807, 2.05) is 0 Å². The molecule has 106 valence electrons. The van der Waals surface area contributed by atoms with Gasteiger partial charge in [-0.05, 0) is 25.3 Å². The van der Waals surface area contributed by atoms with Crippen molar-refractivity contribution in [2.24, 2.45) is 0 Å². The van der Waals surface area contributed by atoms with Crippen molar-refractivity contribution in [3.8, 4) is 0 Å². The van der Waals surface area contributed by atoms with Gasteiger partial charge in [0.15, 0.2) is 0 Å². The van der Waals surface area contributed by atoms with Crippen molar-refractivity contribution in [1.82, 2.24) is 10.2 Å². The second-order valence-corrected chi connectivity index (χ2v) is 5.40. The Labute approximate surface area is 118 Å². The zero-order valence-electron chi connectivity index (χ0n) is 10.7. The Kier molecular flexibility index (Phi) is 4.76. The molecule has 0 aromatic heterocycles. The highest BCUT2D eigenvalue weighted by atomic mass is 35.5. The van der Waals surface area contributed by atoms with Gasteiger partial charge in [-0.3, -0.25) is 4.90 Å². The first kappa shape index (κ1) is 14.7. The Morgan fingerprint density at radius 1 is 1.16 bits per heavy atom. The van der Waals surface area contributed by atoms with Crippen LogP contribution in [-0.4, -0.2) is 30.1 Å². The Morgan fingerprint density at radius 3 is 2.74 bits per heavy atom. The predicted octanol–water partition coefficient (Wildman–Crippen LogP) is 2.71. The van der Waals surface area contributed by atoms with E-state index >= 15 is 0 Å². The molecule has 5 heteroatoms. The van der Waals surface area contributed by atoms with Crippen LogP contribution in [0.15, 0.2) is 18.2 Å². The summed E-state index contributed by atoms with van der Waals surface area (Å²) in [6, 6.07) is 5.04. The fourth-order valence-corrected chi connectivity index (χ4v) is 3.05. The van der Waals surface area contributed by atoms with Crippen LogP contribution in [0.4, 0.5) is 8.78 Å². The van der Waals surface area contributed by atoms with E-state index in [0.717, 1.165) is 25.6 Å². The van der Waals surface area contributed by atoms with Crippen LogP contribution in [-0.2, 0) is 6.54 Å². The maximum absolute atomic E-state index is 13.6. The summed E-state index contributed by atoms with van der Waals surface area (Å²) in [5.41, 5.74) is 0.592. The summed E-state index contributed by atoms with van der Waals surface area (Å²) in [6.07, 6.45) is 3.61. The molecule has 0 spiro atoms. The van der Waals surface area contributed by atoms with Crippen molar-refractivity contribution in [3.05, 3.63) is 35.4 Å². The standard InChI is InChI=1S/C14H18F2N2.ClH/c15-11-2-1-10(14(16)7-11)8-18-6-5-12-3-4-13(9-18)17-12;/h1-2,7,12-13,17H,3-6,8-9H2;1H. The number of rotatable bonds is 2. The molecule has 1 N–H and O–H groups in total. The Hall–Kier alpha value is -0.710. The monoisotopic (exact) mass is 288 g/mol. The Morgan fingerprint density at radius 2 is 1.95 bits per heavy atom. The second-order valence-electron chi connectivity index (χ2n) is 5.40. The Bertz CT molecular complexity index is 441. The smallest absolute Gasteiger partial charge is 0.130 e. The molecule has 0 saturated carbocycles. The van der Waals surface area contributed by atoms with Crippen LogP contribution in [0.3, 0.4) is 0 Å². The third-order valence-corrected chi connectivity index (χ3v) is 4.02. The number of nitrogens with zero attached hydrogens (tertiary/aromatic N) is 1. The molecule has 2 saturated heterocycles. The maximum atomic E-state index is 13.6. The topological polar surface area (TPSA) is 15.3 Å². The first-order valence-electron chi connectivity index (χ1n) is 6.63. The number of hydrogen-bond donors (Lipinski definition) is 1. The van der Waals surface area contributed by atoms with Gasteiger partial charge < -0.3 is 5.32 Å². The quantitative estimate of drug-likeness (QED) is 0.900. The molecule has 2 nitrogen and oxygen atoms in total. The molecule has 0 amide bonds. The predicted molar refractivity (Wildman–Crippen MR) is 73.4 cm³/mol. The van der Waals surface area contributed by atoms with E-state index in [-0.39, 0.29) is 12.4 Å². The molecule has 2 aliphatic rings. The minimum Gasteiger partial charge on any atom is -0.310 e. The van der Waals surface area contributed by atoms with Gasteiger partial charge in [-0.15, -0.1) is 12.4 Å². The largest absolute Gasteiger partial charge is 0.310 e. The lowest BCUT2D eigenvalue weighted by Gasteiger charge is -2.24. The fourth-order valence-electron chi connectivity index (χ4n) is 3.05. The van der Waals surface area contributed by atoms with Gasteiger partial charge in [0.1, 0.15) is 11.6 Å². The van der Waals surface area contributed by atoms with Crippen LogP contribution in [0.1, 0.15) is 24.8 Å². The zero-order valence-corrected chi connectivity index (χ0v) is 11.6. The number of fused-ring (bicyclic) bond motifs is 2. The second kappa shape index (κ2) is 6.16. The zero-order chi connectivity index (χ0) is 12.5. The van der Waals surface area contributed by atoms with Crippen molar-refractivity contribution in [2.45, 2.75) is 37.9 Å². The van der Waals surface area contributed by atoms with Crippen molar-refractivity contribution in [3.63, 3.8) is 0 Å². The van der Waals surface area contributed by atoms with Crippen molar-refractivity contribution in [1.29, 1.82) is 0 Å². The average Bonchev–Trinajstić information content (AvgIpc) is 2.66. The minimum absolute atomic E-state index is 0. The number of nitrogens with one attached hydrogen (secondary N) is 1. The van der Waals surface area contributed by atoms with Crippen LogP contribution in [0, 0.1) is 11.6 Å². The molecular formula is C14H19ClF2N2. The van der Waals surface area contributed by atoms with E-state index in [1.54, 1.807) is 6.07 Å². The molecule has 2 aliphatic heterocycles. The van der Waals surface area contributed by atoms with E-state index in [4.69, 9.17) is 0 Å². The summed E-state index contributed by atoms with van der Waals surface area (Å²) < 4.78 is 26.5. The third-order valence-electron chi connectivity index (χ3n) is 4.02. The molecule has 2 heterocycles. The van der Waals surface area contributed by atoms with Gasteiger partial charge in [0, 0.05) is 43.3 Å². The van der Waals surface area contributed by atoms with E-state index < -0.39 is 11.6 Å². The summed E-state index contributed by atoms with van der Waals surface area (Å²) in [5.74, 6) is -0.940. The van der Waals surface area contributed by atoms with Gasteiger partial charge in [0.2, 0.25) is 0 Å². The number of benzene rings is 1. The molecule has 2 bridgehead atoms. The number of halogens is 3. The van der Waals surface area contributed by atoms with Gasteiger partial charge in [0.25, 0.3) is 0 Å². The summed E-state index contributed by atoms with van der Waals surface area (Å²) in [5, 5.41) is 3.60. The number of hydrogen-bond acceptors (Lipinski definition) is 2. The lowest BCUT2D eigenvalue weighted by atomic mass is 10.1. The highest BCUT2D eigenvalue weighted by molar-refractivity contribution is 5.85. The first-order chi connectivity index (χ1) is 8.70. The van der Waals surface area contributed by atoms with Crippen LogP contribution < -0.4 is 5.32 Å². The molecule has 2 unspecified atom stereocenters. The summed E-state index contributed by atoms with van der Waals surface area (Å²) in [7, 11) is 0. The van der Waals surface area contributed by atoms with Gasteiger partial charge in [-0.2, -0.15) is 0 Å². The van der Waals surface area contributed by atoms with E-state index in [1.165, 1.54) is 18.9 Å². The van der Waals surface area contributed by atoms with E-state index in [0.29, 0.717) is 24.2 Å². The third kappa shape index (κ3) is 3.44. The summed E-state index contributed by atoms with van der Waals surface area (Å²) >= 11 is 0. The first-order valence-corrected chi connectivity index (χ1v) is 6.63. The van der Waals surface area contributed by atoms with Gasteiger partial charge in [-0.1, -0.05) is 6.07 Å². The molecule has 0 radical (unpaired) electrons. The molecule has 1 aromatic rings. The maximum Gasteiger partial charge on any atom is 0.130 e. The van der Waals surface area contributed by atoms with Crippen molar-refractivity contribution < 1.29 is 8.78 Å². The van der Waals surface area contributed by atoms with Crippen LogP contribution in [0.25, 0.3) is 0 Å². The molecule has 1 aromatic carbocycles. The summed E-state index contributed by atoms with van der Waals surface area (Å²) in [4.78, 5) is 2.27. The fraction of sp³-hybridized carbons (Fsp3) is 0.571. The van der Waals surface area contributed by atoms with Crippen LogP contribution in [0.2, 0.25) is 0 Å². The van der Waals surface area contributed by atoms with Gasteiger partial charge >= 0.3 is 0 Å². The van der Waals surface area contributed by atoms with Crippen molar-refractivity contribution >= 4 is 12.4 Å². The highest BCUT2D eigenvalue weighted by Crippen LogP contribution is 2.22. The molecule has 0 aliphatic carbocycles. The van der Waals surface area contributed by atoms with Gasteiger partial charge in [0.05, 0.1) is 0 Å². The average molecular weight is 289 g/mol. The Balaban J connectivity index is 0.00000133. The SMILES string of the molecule is Cl.Fc1ccc(CN2CCC3CCC(C2)N3)c(F)c1. The normalized spacial score (nSPS) is 26.8. The highest BCUT2D eigenvalue weighted by Gasteiger charge is 2.29. The van der Waals surface area contributed by atoms with Crippen LogP contribution >= 0.6 is 12.4 Å². The van der Waals surface area contributed by atoms with E-state index in [2.05, 4.69) is 10.2 Å². The number of likely N-dealkylation sites (tertiary alicyclic amines) is 1. The molecule has 2 atom stereocenters. The molecule has 2 fully saturated rings. The lowest BCUT2D eigenvalue weighted by molar-refractivity contribution is 0.247. The lowest BCUT2D eigenvalue weighted by Crippen LogP contribution is -2.35. The van der Waals surface area contributed by atoms with Gasteiger partial charge in [-0.25, -0.2) is 8.78 Å². The molecule has 19 heavy (non-hydrogen) atoms. The molecule has 3 rings (SSSR count). The molecular weight excluding hydrogens is 270 g/mol.